The normalized spacial score (nSPS) is 21.8. The number of aliphatic hydroxyl groups excluding tert-OH is 4. The number of aliphatic hydroxyl groups is 4. The Bertz CT molecular complexity index is 1090. The van der Waals surface area contributed by atoms with Gasteiger partial charge in [-0.2, -0.15) is 8.42 Å². The lowest BCUT2D eigenvalue weighted by Gasteiger charge is -2.41. The first-order valence-electron chi connectivity index (χ1n) is 21.7. The van der Waals surface area contributed by atoms with Crippen molar-refractivity contribution in [3.05, 3.63) is 24.3 Å². The summed E-state index contributed by atoms with van der Waals surface area (Å²) in [5, 5.41) is 44.5. The lowest BCUT2D eigenvalue weighted by Crippen LogP contribution is -2.61. The lowest BCUT2D eigenvalue weighted by molar-refractivity contribution is -0.298. The Balaban J connectivity index is 2.57. The molecule has 1 aliphatic rings. The van der Waals surface area contributed by atoms with Gasteiger partial charge in [-0.25, -0.2) is 4.18 Å². The largest absolute Gasteiger partial charge is 0.397 e. The predicted octanol–water partition coefficient (Wildman–Crippen LogP) is 7.77. The third kappa shape index (κ3) is 27.0. The van der Waals surface area contributed by atoms with Gasteiger partial charge in [0.2, 0.25) is 5.91 Å². The minimum Gasteiger partial charge on any atom is -0.394 e. The number of unbranched alkanes of at least 4 members (excludes halogenated alkanes) is 22. The second-order valence-electron chi connectivity index (χ2n) is 15.3. The molecule has 1 fully saturated rings. The van der Waals surface area contributed by atoms with E-state index in [0.717, 1.165) is 57.8 Å². The average molecular weight is 806 g/mol. The first-order chi connectivity index (χ1) is 26.5. The Labute approximate surface area is 333 Å². The number of hydrogen-bond donors (Lipinski definition) is 6. The van der Waals surface area contributed by atoms with E-state index in [0.29, 0.717) is 6.42 Å². The number of amides is 1. The van der Waals surface area contributed by atoms with Crippen LogP contribution in [0, 0.1) is 0 Å². The maximum atomic E-state index is 13.0. The highest BCUT2D eigenvalue weighted by molar-refractivity contribution is 7.80. The van der Waals surface area contributed by atoms with Crippen molar-refractivity contribution in [2.75, 3.05) is 13.2 Å². The first kappa shape index (κ1) is 51.6. The summed E-state index contributed by atoms with van der Waals surface area (Å²) in [7, 11) is -5.08. The van der Waals surface area contributed by atoms with Crippen molar-refractivity contribution in [1.29, 1.82) is 0 Å². The highest BCUT2D eigenvalue weighted by Crippen LogP contribution is 2.26. The van der Waals surface area contributed by atoms with Crippen LogP contribution in [0.1, 0.15) is 181 Å². The summed E-state index contributed by atoms with van der Waals surface area (Å²) in [6, 6.07) is -0.944. The van der Waals surface area contributed by atoms with Crippen molar-refractivity contribution in [3.63, 3.8) is 0 Å². The summed E-state index contributed by atoms with van der Waals surface area (Å²) in [6.45, 7) is 3.35. The van der Waals surface area contributed by atoms with Crippen LogP contribution in [-0.2, 0) is 28.9 Å². The smallest absolute Gasteiger partial charge is 0.394 e. The van der Waals surface area contributed by atoms with Crippen molar-refractivity contribution in [2.24, 2.45) is 0 Å². The molecule has 1 amide bonds. The summed E-state index contributed by atoms with van der Waals surface area (Å²) in [4.78, 5) is 13.0. The maximum Gasteiger partial charge on any atom is 0.397 e. The fourth-order valence-electron chi connectivity index (χ4n) is 6.80. The zero-order chi connectivity index (χ0) is 40.6. The van der Waals surface area contributed by atoms with Gasteiger partial charge in [-0.3, -0.25) is 9.35 Å². The summed E-state index contributed by atoms with van der Waals surface area (Å²) >= 11 is 0. The molecule has 13 heteroatoms. The molecule has 324 valence electrons. The molecule has 0 radical (unpaired) electrons. The molecule has 0 aromatic carbocycles. The average Bonchev–Trinajstić information content (AvgIpc) is 3.15. The van der Waals surface area contributed by atoms with Crippen LogP contribution >= 0.6 is 0 Å². The third-order valence-electron chi connectivity index (χ3n) is 10.2. The van der Waals surface area contributed by atoms with E-state index in [1.54, 1.807) is 6.08 Å². The second kappa shape index (κ2) is 33.5. The lowest BCUT2D eigenvalue weighted by atomic mass is 9.99. The minimum atomic E-state index is -5.08. The summed E-state index contributed by atoms with van der Waals surface area (Å²) < 4.78 is 47.5. The molecule has 1 rings (SSSR count). The Hall–Kier alpha value is -1.42. The number of rotatable bonds is 36. The van der Waals surface area contributed by atoms with Gasteiger partial charge in [-0.1, -0.05) is 154 Å². The highest BCUT2D eigenvalue weighted by Gasteiger charge is 2.48. The maximum absolute atomic E-state index is 13.0. The molecule has 1 aliphatic heterocycles. The quantitative estimate of drug-likeness (QED) is 0.0206. The van der Waals surface area contributed by atoms with Crippen LogP contribution in [0.5, 0.6) is 0 Å². The van der Waals surface area contributed by atoms with Gasteiger partial charge in [0, 0.05) is 6.42 Å². The van der Waals surface area contributed by atoms with E-state index < -0.39 is 59.9 Å². The van der Waals surface area contributed by atoms with Gasteiger partial charge < -0.3 is 35.2 Å². The standard InChI is InChI=1S/C42H79NO11S/c1-3-5-7-9-11-13-15-17-18-19-20-22-24-26-28-30-32-38(46)43-35(36(45)31-29-27-25-23-21-16-14-12-10-8-6-4-2)34-52-42-40(48)41(54-55(49,50)51)39(47)37(33-44)53-42/h18-19,29,31,35-37,39-42,44-45,47-48H,3-17,20-28,30,32-34H2,1-2H3,(H,43,46)(H,49,50,51)/b19-18-,31-29+. The van der Waals surface area contributed by atoms with E-state index in [-0.39, 0.29) is 18.9 Å². The Morgan fingerprint density at radius 2 is 1.16 bits per heavy atom. The van der Waals surface area contributed by atoms with Crippen LogP contribution in [0.3, 0.4) is 0 Å². The zero-order valence-electron chi connectivity index (χ0n) is 34.2. The molecule has 0 aromatic rings. The molecular formula is C42H79NO11S. The third-order valence-corrected chi connectivity index (χ3v) is 10.7. The molecule has 1 heterocycles. The molecule has 0 bridgehead atoms. The Morgan fingerprint density at radius 1 is 0.709 bits per heavy atom. The van der Waals surface area contributed by atoms with Crippen molar-refractivity contribution in [1.82, 2.24) is 5.32 Å². The number of carbonyl (C=O) groups is 1. The Morgan fingerprint density at radius 3 is 1.64 bits per heavy atom. The zero-order valence-corrected chi connectivity index (χ0v) is 35.1. The second-order valence-corrected chi connectivity index (χ2v) is 16.3. The number of carbonyl (C=O) groups excluding carboxylic acids is 1. The molecule has 0 spiro atoms. The molecule has 12 nitrogen and oxygen atoms in total. The van der Waals surface area contributed by atoms with Gasteiger partial charge >= 0.3 is 10.4 Å². The van der Waals surface area contributed by atoms with Crippen LogP contribution in [0.2, 0.25) is 0 Å². The van der Waals surface area contributed by atoms with E-state index in [9.17, 15) is 33.6 Å². The number of allylic oxidation sites excluding steroid dienone is 3. The number of ether oxygens (including phenoxy) is 2. The van der Waals surface area contributed by atoms with E-state index in [4.69, 9.17) is 14.0 Å². The van der Waals surface area contributed by atoms with Crippen molar-refractivity contribution >= 4 is 16.3 Å². The predicted molar refractivity (Wildman–Crippen MR) is 218 cm³/mol. The SMILES string of the molecule is CCCCCCCCC/C=C\CCCCCCCC(=O)NC(COC1OC(CO)C(O)C(OS(=O)(=O)O)C1O)C(O)/C=C/CCCCCCCCCCCC. The van der Waals surface area contributed by atoms with Crippen molar-refractivity contribution in [3.8, 4) is 0 Å². The van der Waals surface area contributed by atoms with E-state index >= 15 is 0 Å². The molecule has 0 aromatic heterocycles. The molecule has 1 saturated heterocycles. The fourth-order valence-corrected chi connectivity index (χ4v) is 7.31. The number of hydrogen-bond acceptors (Lipinski definition) is 10. The summed E-state index contributed by atoms with van der Waals surface area (Å²) in [5.74, 6) is -0.273. The minimum absolute atomic E-state index is 0.259. The van der Waals surface area contributed by atoms with Crippen molar-refractivity contribution < 1.29 is 51.8 Å². The molecule has 55 heavy (non-hydrogen) atoms. The van der Waals surface area contributed by atoms with Gasteiger partial charge in [0.1, 0.15) is 24.4 Å². The fraction of sp³-hybridized carbons (Fsp3) is 0.881. The van der Waals surface area contributed by atoms with Crippen LogP contribution in [0.25, 0.3) is 0 Å². The first-order valence-corrected chi connectivity index (χ1v) is 23.1. The van der Waals surface area contributed by atoms with Gasteiger partial charge in [-0.15, -0.1) is 0 Å². The molecular weight excluding hydrogens is 727 g/mol. The summed E-state index contributed by atoms with van der Waals surface area (Å²) in [6.07, 6.45) is 27.9. The van der Waals surface area contributed by atoms with Crippen LogP contribution in [0.4, 0.5) is 0 Å². The van der Waals surface area contributed by atoms with E-state index in [1.165, 1.54) is 96.3 Å². The highest BCUT2D eigenvalue weighted by atomic mass is 32.3. The molecule has 0 saturated carbocycles. The molecule has 7 atom stereocenters. The van der Waals surface area contributed by atoms with Gasteiger partial charge in [0.25, 0.3) is 0 Å². The molecule has 0 aliphatic carbocycles. The van der Waals surface area contributed by atoms with Crippen molar-refractivity contribution in [2.45, 2.75) is 224 Å². The van der Waals surface area contributed by atoms with Gasteiger partial charge in [0.05, 0.1) is 25.4 Å². The summed E-state index contributed by atoms with van der Waals surface area (Å²) in [5.41, 5.74) is 0. The molecule has 7 unspecified atom stereocenters. The van der Waals surface area contributed by atoms with Crippen LogP contribution < -0.4 is 5.32 Å². The van der Waals surface area contributed by atoms with Gasteiger partial charge in [-0.05, 0) is 44.9 Å². The van der Waals surface area contributed by atoms with E-state index in [1.807, 2.05) is 6.08 Å². The van der Waals surface area contributed by atoms with Crippen LogP contribution in [-0.4, -0.2) is 95.4 Å². The van der Waals surface area contributed by atoms with Crippen LogP contribution in [0.15, 0.2) is 24.3 Å². The molecule has 6 N–H and O–H groups in total. The topological polar surface area (TPSA) is 192 Å². The Kier molecular flexibility index (Phi) is 31.5. The van der Waals surface area contributed by atoms with Gasteiger partial charge in [0.15, 0.2) is 6.29 Å². The van der Waals surface area contributed by atoms with E-state index in [2.05, 4.69) is 35.5 Å². The number of nitrogens with one attached hydrogen (secondary N) is 1. The monoisotopic (exact) mass is 806 g/mol.